The van der Waals surface area contributed by atoms with Crippen molar-refractivity contribution in [2.45, 2.75) is 48.5 Å². The van der Waals surface area contributed by atoms with Crippen molar-refractivity contribution in [3.05, 3.63) is 52.6 Å². The molecule has 0 aliphatic heterocycles. The van der Waals surface area contributed by atoms with Crippen molar-refractivity contribution in [1.29, 1.82) is 0 Å². The maximum Gasteiger partial charge on any atom is 1.00 e. The second kappa shape index (κ2) is 11.8. The van der Waals surface area contributed by atoms with E-state index in [1.807, 2.05) is 32.0 Å². The number of carbonyl (C=O) groups excluding carboxylic acids is 1. The monoisotopic (exact) mass is 407 g/mol. The van der Waals surface area contributed by atoms with Crippen LogP contribution in [-0.2, 0) is 0 Å². The fourth-order valence-electron chi connectivity index (χ4n) is 3.06. The maximum absolute atomic E-state index is 13.1. The van der Waals surface area contributed by atoms with E-state index in [2.05, 4.69) is 46.8 Å². The van der Waals surface area contributed by atoms with Crippen LogP contribution in [0.15, 0.2) is 30.3 Å². The third-order valence-corrected chi connectivity index (χ3v) is 5.42. The van der Waals surface area contributed by atoms with Crippen molar-refractivity contribution in [1.82, 2.24) is 0 Å². The molecule has 0 aliphatic carbocycles. The Morgan fingerprint density at radius 3 is 2.00 bits per heavy atom. The zero-order valence-corrected chi connectivity index (χ0v) is 20.2. The Kier molecular flexibility index (Phi) is 10.5. The van der Waals surface area contributed by atoms with E-state index in [-0.39, 0.29) is 33.0 Å². The van der Waals surface area contributed by atoms with Crippen LogP contribution >= 0.6 is 8.58 Å². The second-order valence-electron chi connectivity index (χ2n) is 8.30. The van der Waals surface area contributed by atoms with Crippen molar-refractivity contribution in [3.63, 3.8) is 0 Å². The van der Waals surface area contributed by atoms with Gasteiger partial charge in [-0.15, -0.1) is 0 Å². The smallest absolute Gasteiger partial charge is 0.493 e. The molecule has 1 unspecified atom stereocenters. The number of rotatable bonds is 9. The maximum atomic E-state index is 13.1. The van der Waals surface area contributed by atoms with Gasteiger partial charge in [0.15, 0.2) is 5.52 Å². The summed E-state index contributed by atoms with van der Waals surface area (Å²) < 4.78 is 11.9. The first-order valence-corrected chi connectivity index (χ1v) is 11.0. The van der Waals surface area contributed by atoms with Gasteiger partial charge in [0.05, 0.1) is 13.2 Å². The van der Waals surface area contributed by atoms with Crippen LogP contribution < -0.4 is 33.6 Å². The number of ether oxygens (including phenoxy) is 2. The van der Waals surface area contributed by atoms with Crippen LogP contribution in [0, 0.1) is 32.6 Å². The van der Waals surface area contributed by atoms with Gasteiger partial charge in [0, 0.05) is 16.9 Å². The Balaban J connectivity index is 0.00000420. The molecule has 0 aliphatic rings. The van der Waals surface area contributed by atoms with Gasteiger partial charge in [-0.05, 0) is 64.4 Å². The third-order valence-electron chi connectivity index (χ3n) is 4.26. The molecule has 0 aromatic heterocycles. The number of hydrogen-bond acceptors (Lipinski definition) is 3. The van der Waals surface area contributed by atoms with Crippen molar-refractivity contribution in [3.8, 4) is 11.5 Å². The predicted octanol–water partition coefficient (Wildman–Crippen LogP) is 2.83. The van der Waals surface area contributed by atoms with E-state index in [0.29, 0.717) is 25.0 Å². The van der Waals surface area contributed by atoms with E-state index in [1.54, 1.807) is 0 Å². The molecule has 0 N–H and O–H groups in total. The van der Waals surface area contributed by atoms with Gasteiger partial charge in [-0.25, -0.2) is 0 Å². The minimum absolute atomic E-state index is 0. The molecule has 0 saturated carbocycles. The molecule has 2 rings (SSSR count). The fraction of sp³-hybridized carbons (Fsp3) is 0.458. The SMILES string of the molecule is Cc1cc(C)c(C(=O)Pc2ccc(OCC(C)C)cc2OCC(C)C)c(C)c1.[Li+]. The summed E-state index contributed by atoms with van der Waals surface area (Å²) in [6, 6.07) is 9.98. The van der Waals surface area contributed by atoms with Crippen LogP contribution in [0.25, 0.3) is 0 Å². The standard InChI is InChI=1S/C24H33O3P.Li/c1-15(2)13-26-20-8-9-22(21(12-20)27-14-16(3)4)28-24(25)23-18(6)10-17(5)11-19(23)7;/h8-12,15-16,28H,13-14H2,1-7H3;/q;+1. The zero-order valence-electron chi connectivity index (χ0n) is 19.2. The summed E-state index contributed by atoms with van der Waals surface area (Å²) >= 11 is 0. The van der Waals surface area contributed by atoms with Gasteiger partial charge >= 0.3 is 18.9 Å². The van der Waals surface area contributed by atoms with Gasteiger partial charge in [-0.3, -0.25) is 4.79 Å². The molecular formula is C24H33LiO3P+. The number of benzene rings is 2. The molecule has 2 aromatic rings. The summed E-state index contributed by atoms with van der Waals surface area (Å²) in [6.07, 6.45) is 0. The Hall–Kier alpha value is -1.26. The molecule has 152 valence electrons. The molecule has 0 saturated heterocycles. The summed E-state index contributed by atoms with van der Waals surface area (Å²) in [7, 11) is 0.0218. The van der Waals surface area contributed by atoms with Crippen molar-refractivity contribution in [2.24, 2.45) is 11.8 Å². The summed E-state index contributed by atoms with van der Waals surface area (Å²) in [6.45, 7) is 15.8. The summed E-state index contributed by atoms with van der Waals surface area (Å²) in [5.41, 5.74) is 4.25. The largest absolute Gasteiger partial charge is 1.00 e. The quantitative estimate of drug-likeness (QED) is 0.474. The number of aryl methyl sites for hydroxylation is 3. The first-order valence-electron chi connectivity index (χ1n) is 9.96. The average Bonchev–Trinajstić information content (AvgIpc) is 2.58. The molecule has 5 heteroatoms. The van der Waals surface area contributed by atoms with E-state index in [0.717, 1.165) is 33.5 Å². The van der Waals surface area contributed by atoms with Crippen LogP contribution in [0.4, 0.5) is 0 Å². The van der Waals surface area contributed by atoms with Crippen molar-refractivity contribution < 1.29 is 33.1 Å². The molecule has 0 bridgehead atoms. The molecule has 0 spiro atoms. The second-order valence-corrected chi connectivity index (χ2v) is 9.54. The Labute approximate surface area is 189 Å². The van der Waals surface area contributed by atoms with Gasteiger partial charge < -0.3 is 9.47 Å². The number of hydrogen-bond donors (Lipinski definition) is 0. The van der Waals surface area contributed by atoms with Crippen LogP contribution in [0.1, 0.15) is 54.7 Å². The predicted molar refractivity (Wildman–Crippen MR) is 120 cm³/mol. The third kappa shape index (κ3) is 7.82. The molecule has 1 atom stereocenters. The molecule has 2 aromatic carbocycles. The normalized spacial score (nSPS) is 11.2. The minimum Gasteiger partial charge on any atom is -0.493 e. The topological polar surface area (TPSA) is 35.5 Å². The average molecular weight is 407 g/mol. The molecule has 0 amide bonds. The van der Waals surface area contributed by atoms with Gasteiger partial charge in [-0.1, -0.05) is 45.4 Å². The van der Waals surface area contributed by atoms with Gasteiger partial charge in [0.25, 0.3) is 0 Å². The van der Waals surface area contributed by atoms with Gasteiger partial charge in [0.2, 0.25) is 0 Å². The van der Waals surface area contributed by atoms with Gasteiger partial charge in [-0.2, -0.15) is 0 Å². The van der Waals surface area contributed by atoms with E-state index >= 15 is 0 Å². The molecule has 29 heavy (non-hydrogen) atoms. The molecule has 0 fully saturated rings. The Morgan fingerprint density at radius 1 is 0.897 bits per heavy atom. The first-order chi connectivity index (χ1) is 13.2. The van der Waals surface area contributed by atoms with Gasteiger partial charge in [0.1, 0.15) is 11.5 Å². The van der Waals surface area contributed by atoms with Crippen LogP contribution in [0.2, 0.25) is 0 Å². The van der Waals surface area contributed by atoms with Crippen LogP contribution in [-0.4, -0.2) is 18.7 Å². The fourth-order valence-corrected chi connectivity index (χ4v) is 4.26. The molecule has 0 heterocycles. The Bertz CT molecular complexity index is 808. The van der Waals surface area contributed by atoms with Crippen LogP contribution in [0.5, 0.6) is 11.5 Å². The minimum atomic E-state index is 0. The first kappa shape index (κ1) is 25.8. The van der Waals surface area contributed by atoms with Crippen LogP contribution in [0.3, 0.4) is 0 Å². The molecular weight excluding hydrogens is 374 g/mol. The van der Waals surface area contributed by atoms with E-state index in [9.17, 15) is 4.79 Å². The van der Waals surface area contributed by atoms with Crippen molar-refractivity contribution >= 4 is 19.4 Å². The number of carbonyl (C=O) groups is 1. The summed E-state index contributed by atoms with van der Waals surface area (Å²) in [4.78, 5) is 13.1. The summed E-state index contributed by atoms with van der Waals surface area (Å²) in [5, 5.41) is 0.932. The van der Waals surface area contributed by atoms with E-state index in [1.165, 1.54) is 5.56 Å². The molecule has 0 radical (unpaired) electrons. The Morgan fingerprint density at radius 2 is 1.45 bits per heavy atom. The van der Waals surface area contributed by atoms with E-state index < -0.39 is 0 Å². The zero-order chi connectivity index (χ0) is 20.8. The summed E-state index contributed by atoms with van der Waals surface area (Å²) in [5.74, 6) is 2.41. The van der Waals surface area contributed by atoms with Crippen molar-refractivity contribution in [2.75, 3.05) is 13.2 Å². The molecule has 3 nitrogen and oxygen atoms in total. The van der Waals surface area contributed by atoms with E-state index in [4.69, 9.17) is 9.47 Å².